The number of benzene rings is 2. The molecule has 0 bridgehead atoms. The van der Waals surface area contributed by atoms with Gasteiger partial charge in [0.15, 0.2) is 5.78 Å². The Morgan fingerprint density at radius 3 is 2.38 bits per heavy atom. The number of carbonyl (C=O) groups excluding carboxylic acids is 2. The van der Waals surface area contributed by atoms with Gasteiger partial charge < -0.3 is 9.68 Å². The number of rotatable bonds is 7. The summed E-state index contributed by atoms with van der Waals surface area (Å²) in [5.74, 6) is -0.307. The zero-order valence-corrected chi connectivity index (χ0v) is 19.9. The molecule has 0 spiro atoms. The largest absolute Gasteiger partial charge is 0.491 e. The normalized spacial score (nSPS) is 14.3. The fraction of sp³-hybridized carbons (Fsp3) is 0.440. The number of carbonyl (C=O) groups is 2. The Bertz CT molecular complexity index is 995. The molecule has 0 aromatic heterocycles. The van der Waals surface area contributed by atoms with Crippen molar-refractivity contribution in [3.8, 4) is 0 Å². The lowest BCUT2D eigenvalue weighted by molar-refractivity contribution is 0.0311. The van der Waals surface area contributed by atoms with E-state index < -0.39 is 7.12 Å². The molecule has 2 N–H and O–H groups in total. The topological polar surface area (TPSA) is 78.9 Å². The van der Waals surface area contributed by atoms with Crippen LogP contribution in [0.1, 0.15) is 71.5 Å². The monoisotopic (exact) mass is 436 g/mol. The van der Waals surface area contributed by atoms with Crippen molar-refractivity contribution in [3.63, 3.8) is 0 Å². The maximum absolute atomic E-state index is 13.5. The number of Topliss-reactive ketones (excluding diaryl/α,β-unsaturated/α-hetero) is 1. The molecule has 0 unspecified atom stereocenters. The van der Waals surface area contributed by atoms with Crippen molar-refractivity contribution in [2.75, 3.05) is 6.54 Å². The van der Waals surface area contributed by atoms with Gasteiger partial charge in [-0.05, 0) is 48.8 Å². The molecule has 0 fully saturated rings. The molecule has 0 saturated heterocycles. The summed E-state index contributed by atoms with van der Waals surface area (Å²) in [6.07, 6.45) is 0.740. The van der Waals surface area contributed by atoms with Crippen molar-refractivity contribution < 1.29 is 19.3 Å². The number of fused-ring (bicyclic) bond motifs is 1. The van der Waals surface area contributed by atoms with Crippen LogP contribution in [0.5, 0.6) is 0 Å². The molecule has 1 atom stereocenters. The van der Waals surface area contributed by atoms with Gasteiger partial charge in [0, 0.05) is 11.1 Å². The van der Waals surface area contributed by atoms with Crippen LogP contribution in [-0.4, -0.2) is 41.4 Å². The average molecular weight is 436 g/mol. The van der Waals surface area contributed by atoms with Gasteiger partial charge >= 0.3 is 7.12 Å². The molecule has 0 aliphatic carbocycles. The van der Waals surface area contributed by atoms with E-state index in [4.69, 9.17) is 4.65 Å². The van der Waals surface area contributed by atoms with Gasteiger partial charge in [-0.1, -0.05) is 63.1 Å². The Morgan fingerprint density at radius 2 is 1.78 bits per heavy atom. The van der Waals surface area contributed by atoms with Gasteiger partial charge in [-0.2, -0.15) is 0 Å². The summed E-state index contributed by atoms with van der Waals surface area (Å²) in [4.78, 5) is 26.5. The molecular formula is C25H33BN2O4. The van der Waals surface area contributed by atoms with Gasteiger partial charge in [0.25, 0.3) is 5.91 Å². The Balaban J connectivity index is 1.85. The van der Waals surface area contributed by atoms with E-state index in [1.807, 2.05) is 39.0 Å². The lowest BCUT2D eigenvalue weighted by Gasteiger charge is -2.40. The fourth-order valence-corrected chi connectivity index (χ4v) is 4.39. The molecule has 6 nitrogen and oxygen atoms in total. The van der Waals surface area contributed by atoms with Crippen LogP contribution in [0, 0.1) is 19.3 Å². The van der Waals surface area contributed by atoms with Gasteiger partial charge in [0.2, 0.25) is 0 Å². The van der Waals surface area contributed by atoms with Crippen molar-refractivity contribution in [3.05, 3.63) is 64.2 Å². The van der Waals surface area contributed by atoms with Crippen molar-refractivity contribution in [1.82, 2.24) is 10.4 Å². The number of nitrogens with zero attached hydrogens (tertiary/aromatic N) is 1. The second-order valence-corrected chi connectivity index (χ2v) is 9.68. The van der Waals surface area contributed by atoms with Gasteiger partial charge in [-0.25, -0.2) is 5.43 Å². The van der Waals surface area contributed by atoms with Crippen LogP contribution in [0.3, 0.4) is 0 Å². The van der Waals surface area contributed by atoms with Crippen molar-refractivity contribution in [2.45, 2.75) is 60.6 Å². The Hall–Kier alpha value is -2.48. The zero-order valence-electron chi connectivity index (χ0n) is 19.9. The number of ketones is 1. The standard InChI is InChI=1S/C25H33BN2O4/c1-7-23(25(4,5)6)28(24(30)20-11-16(2)10-17(3)12-20)27-14-22(29)18-8-9-19-15-32-26(31)21(19)13-18/h8-13,23,27,31H,7,14-15H2,1-6H3/t23-/m0/s1. The molecule has 1 amide bonds. The van der Waals surface area contributed by atoms with Crippen LogP contribution < -0.4 is 10.9 Å². The number of hydrogen-bond donors (Lipinski definition) is 2. The molecule has 2 aromatic rings. The minimum atomic E-state index is -1.00. The van der Waals surface area contributed by atoms with Gasteiger partial charge in [-0.15, -0.1) is 0 Å². The van der Waals surface area contributed by atoms with Gasteiger partial charge in [-0.3, -0.25) is 14.6 Å². The SMILES string of the molecule is CC[C@H](N(NCC(=O)c1ccc2c(c1)B(O)OC2)C(=O)c1cc(C)cc(C)c1)C(C)(C)C. The first-order chi connectivity index (χ1) is 15.0. The second-order valence-electron chi connectivity index (χ2n) is 9.68. The van der Waals surface area contributed by atoms with E-state index in [1.54, 1.807) is 23.2 Å². The summed E-state index contributed by atoms with van der Waals surface area (Å²) in [5.41, 5.74) is 7.57. The van der Waals surface area contributed by atoms with E-state index in [1.165, 1.54) is 0 Å². The molecule has 1 aliphatic heterocycles. The zero-order chi connectivity index (χ0) is 23.6. The highest BCUT2D eigenvalue weighted by Gasteiger charge is 2.33. The summed E-state index contributed by atoms with van der Waals surface area (Å²) < 4.78 is 5.22. The Labute approximate surface area is 191 Å². The first kappa shape index (κ1) is 24.2. The number of hydrazine groups is 1. The van der Waals surface area contributed by atoms with Crippen molar-refractivity contribution in [2.24, 2.45) is 5.41 Å². The van der Waals surface area contributed by atoms with Crippen LogP contribution in [0.15, 0.2) is 36.4 Å². The molecule has 0 radical (unpaired) electrons. The first-order valence-electron chi connectivity index (χ1n) is 11.1. The van der Waals surface area contributed by atoms with Gasteiger partial charge in [0.05, 0.1) is 19.2 Å². The number of hydrogen-bond acceptors (Lipinski definition) is 5. The highest BCUT2D eigenvalue weighted by Crippen LogP contribution is 2.27. The number of nitrogens with one attached hydrogen (secondary N) is 1. The summed E-state index contributed by atoms with van der Waals surface area (Å²) in [5, 5.41) is 11.6. The highest BCUT2D eigenvalue weighted by molar-refractivity contribution is 6.61. The third-order valence-electron chi connectivity index (χ3n) is 5.93. The van der Waals surface area contributed by atoms with E-state index in [2.05, 4.69) is 26.2 Å². The molecule has 0 saturated carbocycles. The van der Waals surface area contributed by atoms with Crippen LogP contribution in [0.4, 0.5) is 0 Å². The van der Waals surface area contributed by atoms with Crippen molar-refractivity contribution >= 4 is 24.3 Å². The van der Waals surface area contributed by atoms with Crippen LogP contribution in [0.25, 0.3) is 0 Å². The third-order valence-corrected chi connectivity index (χ3v) is 5.93. The molecule has 1 heterocycles. The lowest BCUT2D eigenvalue weighted by Crippen LogP contribution is -2.55. The Morgan fingerprint density at radius 1 is 1.12 bits per heavy atom. The molecule has 3 rings (SSSR count). The molecular weight excluding hydrogens is 403 g/mol. The van der Waals surface area contributed by atoms with E-state index in [0.717, 1.165) is 23.1 Å². The summed E-state index contributed by atoms with van der Waals surface area (Å²) in [6, 6.07) is 10.9. The van der Waals surface area contributed by atoms with E-state index >= 15 is 0 Å². The molecule has 2 aromatic carbocycles. The van der Waals surface area contributed by atoms with Gasteiger partial charge in [0.1, 0.15) is 0 Å². The first-order valence-corrected chi connectivity index (χ1v) is 11.1. The maximum Gasteiger partial charge on any atom is 0.491 e. The molecule has 7 heteroatoms. The Kier molecular flexibility index (Phi) is 7.23. The fourth-order valence-electron chi connectivity index (χ4n) is 4.39. The summed E-state index contributed by atoms with van der Waals surface area (Å²) >= 11 is 0. The summed E-state index contributed by atoms with van der Waals surface area (Å²) in [6.45, 7) is 12.6. The third kappa shape index (κ3) is 5.29. The van der Waals surface area contributed by atoms with Crippen LogP contribution in [0.2, 0.25) is 0 Å². The number of amides is 1. The summed E-state index contributed by atoms with van der Waals surface area (Å²) in [7, 11) is -1.00. The van der Waals surface area contributed by atoms with E-state index in [-0.39, 0.29) is 29.7 Å². The second kappa shape index (κ2) is 9.57. The predicted octanol–water partition coefficient (Wildman–Crippen LogP) is 3.18. The minimum Gasteiger partial charge on any atom is -0.423 e. The van der Waals surface area contributed by atoms with Crippen LogP contribution >= 0.6 is 0 Å². The van der Waals surface area contributed by atoms with E-state index in [0.29, 0.717) is 23.2 Å². The van der Waals surface area contributed by atoms with Crippen LogP contribution in [-0.2, 0) is 11.3 Å². The smallest absolute Gasteiger partial charge is 0.423 e. The quantitative estimate of drug-likeness (QED) is 0.396. The molecule has 32 heavy (non-hydrogen) atoms. The predicted molar refractivity (Wildman–Crippen MR) is 127 cm³/mol. The van der Waals surface area contributed by atoms with E-state index in [9.17, 15) is 14.6 Å². The average Bonchev–Trinajstić information content (AvgIpc) is 3.08. The van der Waals surface area contributed by atoms with Crippen molar-refractivity contribution in [1.29, 1.82) is 0 Å². The highest BCUT2D eigenvalue weighted by atomic mass is 16.5. The molecule has 170 valence electrons. The molecule has 1 aliphatic rings. The lowest BCUT2D eigenvalue weighted by atomic mass is 9.78. The number of aryl methyl sites for hydroxylation is 2. The maximum atomic E-state index is 13.5. The minimum absolute atomic E-state index is 0.0289.